The Hall–Kier alpha value is -2.89. The van der Waals surface area contributed by atoms with Crippen LogP contribution >= 0.6 is 0 Å². The third-order valence-electron chi connectivity index (χ3n) is 7.37. The lowest BCUT2D eigenvalue weighted by molar-refractivity contribution is 0.0688. The number of allylic oxidation sites excluding steroid dienone is 2. The first-order valence-electron chi connectivity index (χ1n) is 10.8. The third-order valence-corrected chi connectivity index (χ3v) is 7.37. The molecule has 2 heterocycles. The molecule has 3 saturated carbocycles. The van der Waals surface area contributed by atoms with Gasteiger partial charge in [-0.3, -0.25) is 4.79 Å². The van der Waals surface area contributed by atoms with Crippen LogP contribution in [-0.4, -0.2) is 37.6 Å². The van der Waals surface area contributed by atoms with E-state index in [1.165, 1.54) is 17.6 Å². The molecule has 1 aliphatic heterocycles. The largest absolute Gasteiger partial charge is 0.476 e. The minimum atomic E-state index is -1.28. The van der Waals surface area contributed by atoms with Crippen LogP contribution in [0.2, 0.25) is 0 Å². The SMILES string of the molecule is C=C1C2CC1C2=CN1[C@H](C[C@H](C)n2c(=O)c(C(=O)O)nc3ccccc32)CC[C@@H]1C. The first-order valence-corrected chi connectivity index (χ1v) is 10.8. The molecule has 4 fully saturated rings. The van der Waals surface area contributed by atoms with Crippen molar-refractivity contribution in [2.45, 2.75) is 57.7 Å². The van der Waals surface area contributed by atoms with Crippen molar-refractivity contribution in [2.24, 2.45) is 11.8 Å². The first kappa shape index (κ1) is 19.1. The van der Waals surface area contributed by atoms with Crippen molar-refractivity contribution in [3.8, 4) is 0 Å². The van der Waals surface area contributed by atoms with Crippen LogP contribution in [0.3, 0.4) is 0 Å². The number of hydrogen-bond acceptors (Lipinski definition) is 4. The molecule has 1 aromatic heterocycles. The van der Waals surface area contributed by atoms with Gasteiger partial charge in [-0.2, -0.15) is 0 Å². The molecule has 5 atom stereocenters. The van der Waals surface area contributed by atoms with E-state index in [9.17, 15) is 14.7 Å². The zero-order valence-electron chi connectivity index (χ0n) is 17.4. The molecule has 2 aromatic rings. The van der Waals surface area contributed by atoms with E-state index in [2.05, 4.69) is 29.6 Å². The van der Waals surface area contributed by atoms with Crippen LogP contribution in [0, 0.1) is 11.8 Å². The number of carboxylic acids is 1. The molecule has 156 valence electrons. The lowest BCUT2D eigenvalue weighted by Crippen LogP contribution is -2.47. The minimum absolute atomic E-state index is 0.134. The maximum absolute atomic E-state index is 13.0. The second-order valence-corrected chi connectivity index (χ2v) is 9.09. The summed E-state index contributed by atoms with van der Waals surface area (Å²) in [5.41, 5.74) is 3.19. The Labute approximate surface area is 175 Å². The summed E-state index contributed by atoms with van der Waals surface area (Å²) >= 11 is 0. The van der Waals surface area contributed by atoms with E-state index in [4.69, 9.17) is 0 Å². The number of fused-ring (bicyclic) bond motifs is 1. The summed E-state index contributed by atoms with van der Waals surface area (Å²) in [7, 11) is 0. The Balaban J connectivity index is 1.46. The molecular formula is C24H27N3O3. The summed E-state index contributed by atoms with van der Waals surface area (Å²) in [5.74, 6) is -0.103. The normalized spacial score (nSPS) is 28.3. The van der Waals surface area contributed by atoms with Crippen LogP contribution in [0.15, 0.2) is 53.0 Å². The second kappa shape index (κ2) is 6.83. The van der Waals surface area contributed by atoms with E-state index in [0.717, 1.165) is 19.3 Å². The summed E-state index contributed by atoms with van der Waals surface area (Å²) in [6.07, 6.45) is 6.61. The Bertz CT molecular complexity index is 1130. The zero-order valence-corrected chi connectivity index (χ0v) is 17.4. The van der Waals surface area contributed by atoms with Crippen LogP contribution in [-0.2, 0) is 0 Å². The summed E-state index contributed by atoms with van der Waals surface area (Å²) in [5, 5.41) is 9.48. The van der Waals surface area contributed by atoms with E-state index in [-0.39, 0.29) is 6.04 Å². The number of likely N-dealkylation sites (tertiary alicyclic amines) is 1. The predicted octanol–water partition coefficient (Wildman–Crippen LogP) is 3.99. The van der Waals surface area contributed by atoms with Crippen LogP contribution in [0.4, 0.5) is 0 Å². The lowest BCUT2D eigenvalue weighted by atomic mass is 9.49. The van der Waals surface area contributed by atoms with Crippen LogP contribution in [0.25, 0.3) is 11.0 Å². The van der Waals surface area contributed by atoms with Crippen molar-refractivity contribution in [1.82, 2.24) is 14.5 Å². The Morgan fingerprint density at radius 1 is 1.33 bits per heavy atom. The molecular weight excluding hydrogens is 378 g/mol. The van der Waals surface area contributed by atoms with Gasteiger partial charge in [0.05, 0.1) is 11.0 Å². The Morgan fingerprint density at radius 2 is 2.07 bits per heavy atom. The average molecular weight is 405 g/mol. The number of aromatic nitrogens is 2. The number of para-hydroxylation sites is 2. The molecule has 0 spiro atoms. The van der Waals surface area contributed by atoms with Gasteiger partial charge in [0.1, 0.15) is 0 Å². The van der Waals surface area contributed by atoms with Crippen molar-refractivity contribution in [3.05, 3.63) is 64.2 Å². The summed E-state index contributed by atoms with van der Waals surface area (Å²) in [6.45, 7) is 8.42. The number of benzene rings is 1. The highest BCUT2D eigenvalue weighted by Gasteiger charge is 2.52. The standard InChI is InChI=1S/C24H27N3O3/c1-13-8-9-16(26(13)12-19-17-11-18(19)15(17)3)10-14(2)27-21-7-5-4-6-20(21)25-22(23(27)28)24(29)30/h4-7,12-14,16-18H,3,8-11H2,1-2H3,(H,29,30)/t13-,14-,16-,17?,18?/m0/s1. The predicted molar refractivity (Wildman–Crippen MR) is 115 cm³/mol. The lowest BCUT2D eigenvalue weighted by Gasteiger charge is -2.56. The highest BCUT2D eigenvalue weighted by molar-refractivity contribution is 5.88. The molecule has 0 amide bonds. The quantitative estimate of drug-likeness (QED) is 0.762. The van der Waals surface area contributed by atoms with Gasteiger partial charge in [0.2, 0.25) is 5.69 Å². The molecule has 1 N–H and O–H groups in total. The van der Waals surface area contributed by atoms with Crippen LogP contribution in [0.5, 0.6) is 0 Å². The van der Waals surface area contributed by atoms with Crippen molar-refractivity contribution in [2.75, 3.05) is 0 Å². The highest BCUT2D eigenvalue weighted by atomic mass is 16.4. The molecule has 2 unspecified atom stereocenters. The fraction of sp³-hybridized carbons (Fsp3) is 0.458. The molecule has 6 heteroatoms. The molecule has 4 aliphatic rings. The maximum atomic E-state index is 13.0. The van der Waals surface area contributed by atoms with Crippen LogP contribution in [0.1, 0.15) is 56.1 Å². The fourth-order valence-corrected chi connectivity index (χ4v) is 5.45. The third kappa shape index (κ3) is 2.73. The Morgan fingerprint density at radius 3 is 2.73 bits per heavy atom. The van der Waals surface area contributed by atoms with Gasteiger partial charge in [-0.15, -0.1) is 0 Å². The van der Waals surface area contributed by atoms with Gasteiger partial charge < -0.3 is 14.6 Å². The topological polar surface area (TPSA) is 75.4 Å². The van der Waals surface area contributed by atoms with E-state index in [0.29, 0.717) is 35.0 Å². The van der Waals surface area contributed by atoms with Crippen molar-refractivity contribution >= 4 is 17.0 Å². The van der Waals surface area contributed by atoms with E-state index in [1.54, 1.807) is 10.6 Å². The molecule has 6 rings (SSSR count). The molecule has 2 bridgehead atoms. The summed E-state index contributed by atoms with van der Waals surface area (Å²) in [4.78, 5) is 31.2. The highest BCUT2D eigenvalue weighted by Crippen LogP contribution is 2.62. The number of nitrogens with zero attached hydrogens (tertiary/aromatic N) is 3. The number of aromatic carboxylic acids is 1. The van der Waals surface area contributed by atoms with E-state index >= 15 is 0 Å². The molecule has 3 aliphatic carbocycles. The van der Waals surface area contributed by atoms with Crippen molar-refractivity contribution in [1.29, 1.82) is 0 Å². The van der Waals surface area contributed by atoms with Gasteiger partial charge in [-0.1, -0.05) is 24.3 Å². The van der Waals surface area contributed by atoms with Gasteiger partial charge in [0.15, 0.2) is 0 Å². The van der Waals surface area contributed by atoms with Crippen LogP contribution < -0.4 is 5.56 Å². The number of carbonyl (C=O) groups is 1. The number of hydrogen-bond donors (Lipinski definition) is 1. The molecule has 30 heavy (non-hydrogen) atoms. The summed E-state index contributed by atoms with van der Waals surface area (Å²) in [6, 6.07) is 7.95. The molecule has 1 saturated heterocycles. The fourth-order valence-electron chi connectivity index (χ4n) is 5.45. The molecule has 6 nitrogen and oxygen atoms in total. The number of rotatable bonds is 5. The number of carboxylic acid groups (broad SMARTS) is 1. The van der Waals surface area contributed by atoms with Crippen molar-refractivity contribution in [3.63, 3.8) is 0 Å². The monoisotopic (exact) mass is 405 g/mol. The van der Waals surface area contributed by atoms with Gasteiger partial charge in [0, 0.05) is 30.0 Å². The Kier molecular flexibility index (Phi) is 4.34. The van der Waals surface area contributed by atoms with E-state index in [1.807, 2.05) is 25.1 Å². The molecule has 0 radical (unpaired) electrons. The first-order chi connectivity index (χ1) is 14.4. The van der Waals surface area contributed by atoms with Gasteiger partial charge in [0.25, 0.3) is 5.56 Å². The van der Waals surface area contributed by atoms with Gasteiger partial charge >= 0.3 is 5.97 Å². The smallest absolute Gasteiger partial charge is 0.360 e. The minimum Gasteiger partial charge on any atom is -0.476 e. The maximum Gasteiger partial charge on any atom is 0.360 e. The van der Waals surface area contributed by atoms with E-state index < -0.39 is 17.2 Å². The van der Waals surface area contributed by atoms with Gasteiger partial charge in [-0.05, 0) is 63.4 Å². The summed E-state index contributed by atoms with van der Waals surface area (Å²) < 4.78 is 1.63. The van der Waals surface area contributed by atoms with Gasteiger partial charge in [-0.25, -0.2) is 9.78 Å². The molecule has 1 aromatic carbocycles. The average Bonchev–Trinajstić information content (AvgIpc) is 3.02. The van der Waals surface area contributed by atoms with Crippen molar-refractivity contribution < 1.29 is 9.90 Å². The zero-order chi connectivity index (χ0) is 21.2. The second-order valence-electron chi connectivity index (χ2n) is 9.09.